The summed E-state index contributed by atoms with van der Waals surface area (Å²) in [6.07, 6.45) is 3.58. The minimum atomic E-state index is -0.498. The van der Waals surface area contributed by atoms with Gasteiger partial charge in [0.25, 0.3) is 5.91 Å². The molecule has 0 radical (unpaired) electrons. The number of benzene rings is 1. The standard InChI is InChI=1S/C15H16BrN5O3/c16-10-5-9(12-13(18-7-17-12)14(10)21(23)24)15(22)19-11-6-20-3-1-8(11)2-4-20/h5,7-8,11H,1-4,6H2,(H,17,18)(H,19,22)/t11-/m1/s1. The summed E-state index contributed by atoms with van der Waals surface area (Å²) < 4.78 is 0.256. The maximum Gasteiger partial charge on any atom is 0.311 e. The summed E-state index contributed by atoms with van der Waals surface area (Å²) in [6, 6.07) is 1.63. The molecule has 3 aliphatic heterocycles. The smallest absolute Gasteiger partial charge is 0.311 e. The van der Waals surface area contributed by atoms with Gasteiger partial charge in [0.2, 0.25) is 0 Å². The molecular formula is C15H16BrN5O3. The third-order valence-electron chi connectivity index (χ3n) is 5.03. The monoisotopic (exact) mass is 393 g/mol. The molecule has 126 valence electrons. The van der Waals surface area contributed by atoms with Crippen LogP contribution in [0.4, 0.5) is 5.69 Å². The fraction of sp³-hybridized carbons (Fsp3) is 0.467. The number of piperidine rings is 3. The lowest BCUT2D eigenvalue weighted by atomic mass is 9.84. The number of fused-ring (bicyclic) bond motifs is 4. The Labute approximate surface area is 145 Å². The van der Waals surface area contributed by atoms with Crippen LogP contribution in [-0.2, 0) is 0 Å². The summed E-state index contributed by atoms with van der Waals surface area (Å²) in [4.78, 5) is 32.7. The number of hydrogen-bond donors (Lipinski definition) is 2. The number of H-pyrrole nitrogens is 1. The van der Waals surface area contributed by atoms with E-state index in [1.54, 1.807) is 0 Å². The predicted molar refractivity (Wildman–Crippen MR) is 90.9 cm³/mol. The van der Waals surface area contributed by atoms with Gasteiger partial charge in [-0.1, -0.05) is 0 Å². The number of nitro benzene ring substituents is 1. The van der Waals surface area contributed by atoms with Gasteiger partial charge < -0.3 is 15.2 Å². The Hall–Kier alpha value is -2.00. The zero-order chi connectivity index (χ0) is 16.8. The van der Waals surface area contributed by atoms with Gasteiger partial charge in [0, 0.05) is 12.6 Å². The molecule has 5 rings (SSSR count). The maximum absolute atomic E-state index is 12.8. The van der Waals surface area contributed by atoms with Gasteiger partial charge in [-0.25, -0.2) is 4.98 Å². The van der Waals surface area contributed by atoms with Crippen molar-refractivity contribution in [1.29, 1.82) is 0 Å². The van der Waals surface area contributed by atoms with Crippen LogP contribution in [0.25, 0.3) is 11.0 Å². The zero-order valence-corrected chi connectivity index (χ0v) is 14.4. The Morgan fingerprint density at radius 1 is 1.46 bits per heavy atom. The van der Waals surface area contributed by atoms with Crippen LogP contribution < -0.4 is 5.32 Å². The number of amides is 1. The first-order valence-electron chi connectivity index (χ1n) is 7.88. The van der Waals surface area contributed by atoms with E-state index in [-0.39, 0.29) is 27.6 Å². The molecule has 9 heteroatoms. The summed E-state index contributed by atoms with van der Waals surface area (Å²) in [5.41, 5.74) is 0.819. The summed E-state index contributed by atoms with van der Waals surface area (Å²) in [5.74, 6) is 0.288. The van der Waals surface area contributed by atoms with Crippen molar-refractivity contribution in [3.05, 3.63) is 32.5 Å². The molecule has 2 N–H and O–H groups in total. The highest BCUT2D eigenvalue weighted by Crippen LogP contribution is 2.34. The van der Waals surface area contributed by atoms with E-state index in [1.165, 1.54) is 12.4 Å². The van der Waals surface area contributed by atoms with E-state index >= 15 is 0 Å². The molecule has 24 heavy (non-hydrogen) atoms. The third kappa shape index (κ3) is 2.48. The highest BCUT2D eigenvalue weighted by atomic mass is 79.9. The first kappa shape index (κ1) is 15.5. The van der Waals surface area contributed by atoms with Crippen LogP contribution in [0.15, 0.2) is 16.9 Å². The maximum atomic E-state index is 12.8. The number of nitro groups is 1. The molecule has 2 aromatic rings. The van der Waals surface area contributed by atoms with Crippen molar-refractivity contribution >= 4 is 38.6 Å². The third-order valence-corrected chi connectivity index (χ3v) is 5.63. The molecule has 1 amide bonds. The van der Waals surface area contributed by atoms with Gasteiger partial charge in [-0.05, 0) is 53.8 Å². The Kier molecular flexibility index (Phi) is 3.76. The van der Waals surface area contributed by atoms with Crippen LogP contribution in [0.5, 0.6) is 0 Å². The molecule has 0 spiro atoms. The number of carbonyl (C=O) groups is 1. The van der Waals surface area contributed by atoms with E-state index < -0.39 is 4.92 Å². The SMILES string of the molecule is O=C(N[C@@H]1CN2CCC1CC2)c1cc(Br)c([N+](=O)[O-])c2nc[nH]c12. The van der Waals surface area contributed by atoms with E-state index in [2.05, 4.69) is 36.1 Å². The van der Waals surface area contributed by atoms with E-state index in [4.69, 9.17) is 0 Å². The minimum absolute atomic E-state index is 0.131. The molecule has 1 aromatic heterocycles. The summed E-state index contributed by atoms with van der Waals surface area (Å²) in [6.45, 7) is 3.08. The molecule has 1 aromatic carbocycles. The van der Waals surface area contributed by atoms with Crippen LogP contribution >= 0.6 is 15.9 Å². The highest BCUT2D eigenvalue weighted by molar-refractivity contribution is 9.10. The first-order chi connectivity index (χ1) is 11.5. The number of aromatic nitrogens is 2. The van der Waals surface area contributed by atoms with Gasteiger partial charge in [0.15, 0.2) is 5.52 Å². The van der Waals surface area contributed by atoms with Gasteiger partial charge in [-0.2, -0.15) is 0 Å². The van der Waals surface area contributed by atoms with Crippen molar-refractivity contribution in [2.75, 3.05) is 19.6 Å². The molecule has 0 unspecified atom stereocenters. The molecule has 3 saturated heterocycles. The average molecular weight is 394 g/mol. The fourth-order valence-corrected chi connectivity index (χ4v) is 4.35. The lowest BCUT2D eigenvalue weighted by Gasteiger charge is -2.44. The second kappa shape index (κ2) is 5.82. The quantitative estimate of drug-likeness (QED) is 0.613. The van der Waals surface area contributed by atoms with Gasteiger partial charge in [-0.3, -0.25) is 14.9 Å². The molecule has 0 saturated carbocycles. The normalized spacial score (nSPS) is 25.8. The van der Waals surface area contributed by atoms with E-state index in [0.717, 1.165) is 32.5 Å². The van der Waals surface area contributed by atoms with E-state index in [9.17, 15) is 14.9 Å². The average Bonchev–Trinajstić information content (AvgIpc) is 3.03. The molecule has 2 bridgehead atoms. The Morgan fingerprint density at radius 3 is 2.83 bits per heavy atom. The Balaban J connectivity index is 1.67. The Morgan fingerprint density at radius 2 is 2.21 bits per heavy atom. The molecular weight excluding hydrogens is 378 g/mol. The lowest BCUT2D eigenvalue weighted by Crippen LogP contribution is -2.57. The molecule has 3 fully saturated rings. The van der Waals surface area contributed by atoms with Crippen molar-refractivity contribution in [2.24, 2.45) is 5.92 Å². The highest BCUT2D eigenvalue weighted by Gasteiger charge is 2.35. The zero-order valence-electron chi connectivity index (χ0n) is 12.8. The second-order valence-corrected chi connectivity index (χ2v) is 7.21. The number of carbonyl (C=O) groups excluding carboxylic acids is 1. The Bertz CT molecular complexity index is 828. The number of nitrogens with zero attached hydrogens (tertiary/aromatic N) is 3. The van der Waals surface area contributed by atoms with Crippen LogP contribution in [0.3, 0.4) is 0 Å². The fourth-order valence-electron chi connectivity index (χ4n) is 3.79. The van der Waals surface area contributed by atoms with Crippen molar-refractivity contribution in [2.45, 2.75) is 18.9 Å². The van der Waals surface area contributed by atoms with E-state index in [1.807, 2.05) is 0 Å². The van der Waals surface area contributed by atoms with Gasteiger partial charge in [0.05, 0.1) is 26.8 Å². The van der Waals surface area contributed by atoms with Crippen molar-refractivity contribution < 1.29 is 9.72 Å². The van der Waals surface area contributed by atoms with Crippen molar-refractivity contribution in [1.82, 2.24) is 20.2 Å². The molecule has 4 heterocycles. The largest absolute Gasteiger partial charge is 0.348 e. The molecule has 3 aliphatic rings. The number of rotatable bonds is 3. The van der Waals surface area contributed by atoms with E-state index in [0.29, 0.717) is 17.0 Å². The predicted octanol–water partition coefficient (Wildman–Crippen LogP) is 2.06. The van der Waals surface area contributed by atoms with Crippen LogP contribution in [0.2, 0.25) is 0 Å². The number of halogens is 1. The minimum Gasteiger partial charge on any atom is -0.348 e. The van der Waals surface area contributed by atoms with Crippen LogP contribution in [0.1, 0.15) is 23.2 Å². The van der Waals surface area contributed by atoms with Gasteiger partial charge in [-0.15, -0.1) is 0 Å². The topological polar surface area (TPSA) is 104 Å². The lowest BCUT2D eigenvalue weighted by molar-refractivity contribution is -0.384. The van der Waals surface area contributed by atoms with Crippen LogP contribution in [-0.4, -0.2) is 51.4 Å². The molecule has 8 nitrogen and oxygen atoms in total. The van der Waals surface area contributed by atoms with Crippen molar-refractivity contribution in [3.8, 4) is 0 Å². The summed E-state index contributed by atoms with van der Waals surface area (Å²) in [7, 11) is 0. The van der Waals surface area contributed by atoms with Gasteiger partial charge >= 0.3 is 5.69 Å². The number of aromatic amines is 1. The van der Waals surface area contributed by atoms with Gasteiger partial charge in [0.1, 0.15) is 0 Å². The molecule has 1 atom stereocenters. The molecule has 0 aliphatic carbocycles. The summed E-state index contributed by atoms with van der Waals surface area (Å²) >= 11 is 3.20. The van der Waals surface area contributed by atoms with Crippen LogP contribution in [0, 0.1) is 16.0 Å². The second-order valence-electron chi connectivity index (χ2n) is 6.36. The summed E-state index contributed by atoms with van der Waals surface area (Å²) in [5, 5.41) is 14.3. The first-order valence-corrected chi connectivity index (χ1v) is 8.67. The number of nitrogens with one attached hydrogen (secondary N) is 2. The van der Waals surface area contributed by atoms with Crippen molar-refractivity contribution in [3.63, 3.8) is 0 Å². The number of imidazole rings is 1. The number of hydrogen-bond acceptors (Lipinski definition) is 5.